The Balaban J connectivity index is 2.45. The predicted molar refractivity (Wildman–Crippen MR) is 78.8 cm³/mol. The summed E-state index contributed by atoms with van der Waals surface area (Å²) in [7, 11) is 1.78. The van der Waals surface area contributed by atoms with E-state index in [1.807, 2.05) is 19.9 Å². The molecule has 0 aliphatic heterocycles. The molecule has 5 nitrogen and oxygen atoms in total. The third kappa shape index (κ3) is 2.68. The van der Waals surface area contributed by atoms with Gasteiger partial charge >= 0.3 is 0 Å². The number of rotatable bonds is 4. The lowest BCUT2D eigenvalue weighted by Crippen LogP contribution is -2.21. The van der Waals surface area contributed by atoms with Gasteiger partial charge in [0.1, 0.15) is 0 Å². The highest BCUT2D eigenvalue weighted by Crippen LogP contribution is 2.26. The van der Waals surface area contributed by atoms with E-state index in [2.05, 4.69) is 22.4 Å². The summed E-state index contributed by atoms with van der Waals surface area (Å²) in [6.45, 7) is 6.81. The van der Waals surface area contributed by atoms with Gasteiger partial charge in [-0.05, 0) is 31.9 Å². The number of hydrogen-bond donors (Lipinski definition) is 1. The van der Waals surface area contributed by atoms with Gasteiger partial charge in [0.25, 0.3) is 5.56 Å². The second-order valence-corrected chi connectivity index (χ2v) is 5.52. The zero-order valence-corrected chi connectivity index (χ0v) is 12.5. The smallest absolute Gasteiger partial charge is 0.261 e. The number of aryl methyl sites for hydroxylation is 2. The van der Waals surface area contributed by atoms with E-state index in [-0.39, 0.29) is 5.56 Å². The number of anilines is 1. The molecule has 2 rings (SSSR count). The molecule has 2 heterocycles. The van der Waals surface area contributed by atoms with Gasteiger partial charge in [0, 0.05) is 19.3 Å². The van der Waals surface area contributed by atoms with Gasteiger partial charge in [0.05, 0.1) is 5.56 Å². The molecule has 0 spiro atoms. The first-order chi connectivity index (χ1) is 9.04. The van der Waals surface area contributed by atoms with Crippen molar-refractivity contribution in [1.82, 2.24) is 14.8 Å². The van der Waals surface area contributed by atoms with Crippen LogP contribution in [0.25, 0.3) is 10.6 Å². The van der Waals surface area contributed by atoms with E-state index in [0.29, 0.717) is 10.6 Å². The summed E-state index contributed by atoms with van der Waals surface area (Å²) in [6.07, 6.45) is 1.03. The van der Waals surface area contributed by atoms with Gasteiger partial charge in [-0.25, -0.2) is 0 Å². The van der Waals surface area contributed by atoms with Crippen LogP contribution in [0.15, 0.2) is 10.9 Å². The topological polar surface area (TPSA) is 59.8 Å². The summed E-state index contributed by atoms with van der Waals surface area (Å²) in [5, 5.41) is 12.8. The molecule has 19 heavy (non-hydrogen) atoms. The summed E-state index contributed by atoms with van der Waals surface area (Å²) >= 11 is 1.42. The molecule has 2 aromatic rings. The second-order valence-electron chi connectivity index (χ2n) is 4.55. The SMILES string of the molecule is CCCNc1nnc(-c2c(C)cc(C)n(C)c2=O)s1. The van der Waals surface area contributed by atoms with Crippen molar-refractivity contribution in [3.05, 3.63) is 27.7 Å². The minimum absolute atomic E-state index is 0.0179. The quantitative estimate of drug-likeness (QED) is 0.932. The molecule has 0 saturated heterocycles. The number of nitrogens with zero attached hydrogens (tertiary/aromatic N) is 3. The van der Waals surface area contributed by atoms with Crippen LogP contribution in [0.4, 0.5) is 5.13 Å². The monoisotopic (exact) mass is 278 g/mol. The lowest BCUT2D eigenvalue weighted by atomic mass is 10.1. The number of hydrogen-bond acceptors (Lipinski definition) is 5. The maximum Gasteiger partial charge on any atom is 0.261 e. The van der Waals surface area contributed by atoms with E-state index >= 15 is 0 Å². The number of nitrogens with one attached hydrogen (secondary N) is 1. The van der Waals surface area contributed by atoms with Crippen LogP contribution in [0.1, 0.15) is 24.6 Å². The molecule has 0 saturated carbocycles. The average molecular weight is 278 g/mol. The molecule has 2 aromatic heterocycles. The predicted octanol–water partition coefficient (Wildman–Crippen LogP) is 2.34. The highest BCUT2D eigenvalue weighted by atomic mass is 32.1. The molecule has 0 unspecified atom stereocenters. The van der Waals surface area contributed by atoms with Crippen molar-refractivity contribution in [3.8, 4) is 10.6 Å². The minimum Gasteiger partial charge on any atom is -0.360 e. The summed E-state index contributed by atoms with van der Waals surface area (Å²) in [5.74, 6) is 0. The van der Waals surface area contributed by atoms with Crippen LogP contribution in [0.5, 0.6) is 0 Å². The lowest BCUT2D eigenvalue weighted by Gasteiger charge is -2.08. The van der Waals surface area contributed by atoms with Crippen LogP contribution >= 0.6 is 11.3 Å². The molecule has 0 aliphatic carbocycles. The molecule has 0 fully saturated rings. The highest BCUT2D eigenvalue weighted by Gasteiger charge is 2.15. The van der Waals surface area contributed by atoms with Crippen molar-refractivity contribution in [1.29, 1.82) is 0 Å². The van der Waals surface area contributed by atoms with Gasteiger partial charge in [-0.2, -0.15) is 0 Å². The molecule has 6 heteroatoms. The molecule has 102 valence electrons. The third-order valence-electron chi connectivity index (χ3n) is 3.03. The molecule has 0 aliphatic rings. The fourth-order valence-electron chi connectivity index (χ4n) is 1.87. The minimum atomic E-state index is -0.0179. The van der Waals surface area contributed by atoms with Crippen molar-refractivity contribution in [2.45, 2.75) is 27.2 Å². The van der Waals surface area contributed by atoms with Crippen LogP contribution in [0.3, 0.4) is 0 Å². The van der Waals surface area contributed by atoms with Gasteiger partial charge in [-0.3, -0.25) is 4.79 Å². The van der Waals surface area contributed by atoms with Crippen LogP contribution in [0.2, 0.25) is 0 Å². The van der Waals surface area contributed by atoms with Crippen LogP contribution in [0, 0.1) is 13.8 Å². The first-order valence-corrected chi connectivity index (χ1v) is 7.11. The van der Waals surface area contributed by atoms with E-state index in [9.17, 15) is 4.79 Å². The largest absolute Gasteiger partial charge is 0.360 e. The first kappa shape index (κ1) is 13.7. The Hall–Kier alpha value is -1.69. The Bertz CT molecular complexity index is 645. The van der Waals surface area contributed by atoms with Gasteiger partial charge in [0.2, 0.25) is 5.13 Å². The molecular formula is C13H18N4OS. The first-order valence-electron chi connectivity index (χ1n) is 6.29. The van der Waals surface area contributed by atoms with Crippen LogP contribution in [-0.4, -0.2) is 21.3 Å². The van der Waals surface area contributed by atoms with Gasteiger partial charge < -0.3 is 9.88 Å². The fourth-order valence-corrected chi connectivity index (χ4v) is 2.74. The standard InChI is InChI=1S/C13H18N4OS/c1-5-6-14-13-16-15-11(19-13)10-8(2)7-9(3)17(4)12(10)18/h7H,5-6H2,1-4H3,(H,14,16). The van der Waals surface area contributed by atoms with Crippen molar-refractivity contribution >= 4 is 16.5 Å². The van der Waals surface area contributed by atoms with Crippen molar-refractivity contribution in [2.75, 3.05) is 11.9 Å². The van der Waals surface area contributed by atoms with E-state index in [1.54, 1.807) is 11.6 Å². The van der Waals surface area contributed by atoms with Crippen LogP contribution < -0.4 is 10.9 Å². The number of pyridine rings is 1. The molecule has 0 radical (unpaired) electrons. The summed E-state index contributed by atoms with van der Waals surface area (Å²) in [4.78, 5) is 12.3. The van der Waals surface area contributed by atoms with E-state index in [4.69, 9.17) is 0 Å². The molecule has 0 bridgehead atoms. The van der Waals surface area contributed by atoms with E-state index in [0.717, 1.165) is 29.4 Å². The summed E-state index contributed by atoms with van der Waals surface area (Å²) < 4.78 is 1.64. The summed E-state index contributed by atoms with van der Waals surface area (Å²) in [5.41, 5.74) is 2.52. The van der Waals surface area contributed by atoms with Crippen molar-refractivity contribution < 1.29 is 0 Å². The van der Waals surface area contributed by atoms with Crippen molar-refractivity contribution in [2.24, 2.45) is 7.05 Å². The maximum atomic E-state index is 12.3. The zero-order chi connectivity index (χ0) is 14.0. The summed E-state index contributed by atoms with van der Waals surface area (Å²) in [6, 6.07) is 2.00. The fraction of sp³-hybridized carbons (Fsp3) is 0.462. The Morgan fingerprint density at radius 1 is 1.37 bits per heavy atom. The van der Waals surface area contributed by atoms with Gasteiger partial charge in [-0.1, -0.05) is 18.3 Å². The van der Waals surface area contributed by atoms with Gasteiger partial charge in [-0.15, -0.1) is 10.2 Å². The zero-order valence-electron chi connectivity index (χ0n) is 11.6. The maximum absolute atomic E-state index is 12.3. The average Bonchev–Trinajstić information content (AvgIpc) is 2.82. The van der Waals surface area contributed by atoms with Crippen molar-refractivity contribution in [3.63, 3.8) is 0 Å². The normalized spacial score (nSPS) is 10.7. The highest BCUT2D eigenvalue weighted by molar-refractivity contribution is 7.18. The van der Waals surface area contributed by atoms with E-state index in [1.165, 1.54) is 11.3 Å². The Morgan fingerprint density at radius 3 is 2.79 bits per heavy atom. The Morgan fingerprint density at radius 2 is 2.11 bits per heavy atom. The molecule has 0 aromatic carbocycles. The number of aromatic nitrogens is 3. The molecule has 1 N–H and O–H groups in total. The molecule has 0 amide bonds. The third-order valence-corrected chi connectivity index (χ3v) is 3.93. The lowest BCUT2D eigenvalue weighted by molar-refractivity contribution is 0.816. The molecular weight excluding hydrogens is 260 g/mol. The molecule has 0 atom stereocenters. The van der Waals surface area contributed by atoms with Crippen LogP contribution in [-0.2, 0) is 7.05 Å². The second kappa shape index (κ2) is 5.52. The van der Waals surface area contributed by atoms with E-state index < -0.39 is 0 Å². The Kier molecular flexibility index (Phi) is 3.99. The van der Waals surface area contributed by atoms with Gasteiger partial charge in [0.15, 0.2) is 5.01 Å². The Labute approximate surface area is 116 Å².